The minimum absolute atomic E-state index is 0.142. The van der Waals surface area contributed by atoms with Crippen LogP contribution in [0.4, 0.5) is 0 Å². The maximum absolute atomic E-state index is 11.7. The molecule has 5 nitrogen and oxygen atoms in total. The van der Waals surface area contributed by atoms with E-state index in [1.54, 1.807) is 26.1 Å². The molecule has 1 rings (SSSR count). The Morgan fingerprint density at radius 3 is 2.53 bits per heavy atom. The third-order valence-electron chi connectivity index (χ3n) is 3.22. The minimum atomic E-state index is 0.142. The smallest absolute Gasteiger partial charge is 0.223 e. The molecule has 0 radical (unpaired) electrons. The molecule has 0 spiro atoms. The van der Waals surface area contributed by atoms with Crippen molar-refractivity contribution in [2.75, 3.05) is 40.9 Å². The van der Waals surface area contributed by atoms with Crippen LogP contribution < -0.4 is 5.73 Å². The largest absolute Gasteiger partial charge is 0.383 e. The number of nitrogens with zero attached hydrogens (tertiary/aromatic N) is 2. The first-order chi connectivity index (χ1) is 8.10. The number of hydrogen-bond acceptors (Lipinski definition) is 4. The van der Waals surface area contributed by atoms with E-state index in [0.29, 0.717) is 25.6 Å². The zero-order valence-corrected chi connectivity index (χ0v) is 11.2. The summed E-state index contributed by atoms with van der Waals surface area (Å²) in [5.41, 5.74) is 5.81. The maximum Gasteiger partial charge on any atom is 0.223 e. The van der Waals surface area contributed by atoms with Crippen LogP contribution in [0.15, 0.2) is 0 Å². The zero-order valence-electron chi connectivity index (χ0n) is 11.2. The van der Waals surface area contributed by atoms with Gasteiger partial charge >= 0.3 is 0 Å². The monoisotopic (exact) mass is 243 g/mol. The van der Waals surface area contributed by atoms with Crippen molar-refractivity contribution in [3.05, 3.63) is 0 Å². The Kier molecular flexibility index (Phi) is 5.88. The van der Waals surface area contributed by atoms with Gasteiger partial charge in [-0.2, -0.15) is 0 Å². The lowest BCUT2D eigenvalue weighted by Crippen LogP contribution is -2.46. The van der Waals surface area contributed by atoms with Crippen molar-refractivity contribution in [1.29, 1.82) is 0 Å². The number of rotatable bonds is 8. The number of amides is 1. The SMILES string of the molecule is COCCN(C1CC1)C(CN)CC(=O)N(C)C. The lowest BCUT2D eigenvalue weighted by Gasteiger charge is -2.31. The van der Waals surface area contributed by atoms with E-state index in [1.165, 1.54) is 12.8 Å². The molecule has 0 aromatic rings. The number of ether oxygens (including phenoxy) is 1. The molecule has 17 heavy (non-hydrogen) atoms. The van der Waals surface area contributed by atoms with Crippen molar-refractivity contribution in [3.8, 4) is 0 Å². The van der Waals surface area contributed by atoms with Gasteiger partial charge in [0, 0.05) is 52.8 Å². The van der Waals surface area contributed by atoms with Gasteiger partial charge in [0.2, 0.25) is 5.91 Å². The van der Waals surface area contributed by atoms with Crippen LogP contribution in [0.1, 0.15) is 19.3 Å². The fraction of sp³-hybridized carbons (Fsp3) is 0.917. The second-order valence-corrected chi connectivity index (χ2v) is 4.84. The Labute approximate surface area is 104 Å². The average Bonchev–Trinajstić information content (AvgIpc) is 3.11. The van der Waals surface area contributed by atoms with E-state index in [-0.39, 0.29) is 11.9 Å². The van der Waals surface area contributed by atoms with Crippen LogP contribution in [0.5, 0.6) is 0 Å². The molecule has 1 fully saturated rings. The zero-order chi connectivity index (χ0) is 12.8. The first kappa shape index (κ1) is 14.4. The van der Waals surface area contributed by atoms with Gasteiger partial charge in [0.05, 0.1) is 6.61 Å². The van der Waals surface area contributed by atoms with E-state index in [2.05, 4.69) is 4.90 Å². The number of hydrogen-bond donors (Lipinski definition) is 1. The van der Waals surface area contributed by atoms with Crippen molar-refractivity contribution in [1.82, 2.24) is 9.80 Å². The van der Waals surface area contributed by atoms with Crippen LogP contribution in [0.2, 0.25) is 0 Å². The van der Waals surface area contributed by atoms with Crippen LogP contribution >= 0.6 is 0 Å². The molecule has 0 saturated heterocycles. The summed E-state index contributed by atoms with van der Waals surface area (Å²) < 4.78 is 5.12. The maximum atomic E-state index is 11.7. The molecule has 0 aromatic carbocycles. The average molecular weight is 243 g/mol. The summed E-state index contributed by atoms with van der Waals surface area (Å²) in [6, 6.07) is 0.751. The summed E-state index contributed by atoms with van der Waals surface area (Å²) in [7, 11) is 5.27. The predicted octanol–water partition coefficient (Wildman–Crippen LogP) is -0.0972. The molecule has 2 N–H and O–H groups in total. The Hall–Kier alpha value is -0.650. The van der Waals surface area contributed by atoms with Crippen molar-refractivity contribution >= 4 is 5.91 Å². The van der Waals surface area contributed by atoms with Crippen LogP contribution in [0.25, 0.3) is 0 Å². The Morgan fingerprint density at radius 2 is 2.12 bits per heavy atom. The van der Waals surface area contributed by atoms with Crippen molar-refractivity contribution in [2.24, 2.45) is 5.73 Å². The van der Waals surface area contributed by atoms with Gasteiger partial charge in [-0.05, 0) is 12.8 Å². The van der Waals surface area contributed by atoms with Gasteiger partial charge in [-0.3, -0.25) is 9.69 Å². The van der Waals surface area contributed by atoms with Crippen molar-refractivity contribution in [2.45, 2.75) is 31.3 Å². The number of carbonyl (C=O) groups excluding carboxylic acids is 1. The first-order valence-corrected chi connectivity index (χ1v) is 6.25. The summed E-state index contributed by atoms with van der Waals surface area (Å²) >= 11 is 0. The van der Waals surface area contributed by atoms with E-state index < -0.39 is 0 Å². The molecule has 0 aromatic heterocycles. The van der Waals surface area contributed by atoms with E-state index in [4.69, 9.17) is 10.5 Å². The topological polar surface area (TPSA) is 58.8 Å². The van der Waals surface area contributed by atoms with Crippen LogP contribution in [-0.4, -0.2) is 68.7 Å². The molecule has 1 atom stereocenters. The van der Waals surface area contributed by atoms with Gasteiger partial charge in [-0.25, -0.2) is 0 Å². The first-order valence-electron chi connectivity index (χ1n) is 6.25. The molecule has 1 unspecified atom stereocenters. The summed E-state index contributed by atoms with van der Waals surface area (Å²) in [6.07, 6.45) is 2.94. The number of methoxy groups -OCH3 is 1. The van der Waals surface area contributed by atoms with Gasteiger partial charge in [0.15, 0.2) is 0 Å². The second kappa shape index (κ2) is 6.93. The van der Waals surface area contributed by atoms with E-state index in [9.17, 15) is 4.79 Å². The lowest BCUT2D eigenvalue weighted by atomic mass is 10.1. The summed E-state index contributed by atoms with van der Waals surface area (Å²) in [6.45, 7) is 2.09. The standard InChI is InChI=1S/C12H25N3O2/c1-14(2)12(16)8-11(9-13)15(6-7-17-3)10-4-5-10/h10-11H,4-9,13H2,1-3H3. The summed E-state index contributed by atoms with van der Waals surface area (Å²) in [4.78, 5) is 15.7. The molecule has 1 aliphatic rings. The fourth-order valence-electron chi connectivity index (χ4n) is 1.99. The van der Waals surface area contributed by atoms with Gasteiger partial charge in [-0.1, -0.05) is 0 Å². The summed E-state index contributed by atoms with van der Waals surface area (Å²) in [5.74, 6) is 0.142. The molecule has 100 valence electrons. The molecule has 5 heteroatoms. The molecule has 0 bridgehead atoms. The quantitative estimate of drug-likeness (QED) is 0.647. The van der Waals surface area contributed by atoms with Gasteiger partial charge in [-0.15, -0.1) is 0 Å². The van der Waals surface area contributed by atoms with Crippen LogP contribution in [0.3, 0.4) is 0 Å². The summed E-state index contributed by atoms with van der Waals surface area (Å²) in [5, 5.41) is 0. The van der Waals surface area contributed by atoms with E-state index in [1.807, 2.05) is 0 Å². The molecular formula is C12H25N3O2. The highest BCUT2D eigenvalue weighted by molar-refractivity contribution is 5.76. The molecular weight excluding hydrogens is 218 g/mol. The molecule has 0 heterocycles. The Balaban J connectivity index is 2.51. The van der Waals surface area contributed by atoms with Gasteiger partial charge in [0.1, 0.15) is 0 Å². The van der Waals surface area contributed by atoms with E-state index in [0.717, 1.165) is 6.54 Å². The van der Waals surface area contributed by atoms with Crippen molar-refractivity contribution in [3.63, 3.8) is 0 Å². The van der Waals surface area contributed by atoms with Crippen molar-refractivity contribution < 1.29 is 9.53 Å². The minimum Gasteiger partial charge on any atom is -0.383 e. The third-order valence-corrected chi connectivity index (χ3v) is 3.22. The Bertz CT molecular complexity index is 242. The normalized spacial score (nSPS) is 17.2. The fourth-order valence-corrected chi connectivity index (χ4v) is 1.99. The third kappa shape index (κ3) is 4.61. The highest BCUT2D eigenvalue weighted by atomic mass is 16.5. The van der Waals surface area contributed by atoms with E-state index >= 15 is 0 Å². The lowest BCUT2D eigenvalue weighted by molar-refractivity contribution is -0.130. The Morgan fingerprint density at radius 1 is 1.47 bits per heavy atom. The van der Waals surface area contributed by atoms with Crippen LogP contribution in [0, 0.1) is 0 Å². The predicted molar refractivity (Wildman–Crippen MR) is 67.8 cm³/mol. The highest BCUT2D eigenvalue weighted by Crippen LogP contribution is 2.29. The molecule has 1 aliphatic carbocycles. The number of nitrogens with two attached hydrogens (primary N) is 1. The molecule has 0 aliphatic heterocycles. The van der Waals surface area contributed by atoms with Crippen LogP contribution in [-0.2, 0) is 9.53 Å². The molecule has 1 saturated carbocycles. The highest BCUT2D eigenvalue weighted by Gasteiger charge is 2.34. The van der Waals surface area contributed by atoms with Gasteiger partial charge < -0.3 is 15.4 Å². The van der Waals surface area contributed by atoms with Gasteiger partial charge in [0.25, 0.3) is 0 Å². The second-order valence-electron chi connectivity index (χ2n) is 4.84. The number of carbonyl (C=O) groups is 1. The molecule has 1 amide bonds.